The van der Waals surface area contributed by atoms with Gasteiger partial charge >= 0.3 is 5.97 Å². The number of benzene rings is 1. The highest BCUT2D eigenvalue weighted by molar-refractivity contribution is 5.96. The Morgan fingerprint density at radius 2 is 1.86 bits per heavy atom. The summed E-state index contributed by atoms with van der Waals surface area (Å²) in [6.07, 6.45) is 1.83. The van der Waals surface area contributed by atoms with Gasteiger partial charge in [0.25, 0.3) is 11.8 Å². The van der Waals surface area contributed by atoms with Gasteiger partial charge in [0.2, 0.25) is 0 Å². The number of amides is 2. The lowest BCUT2D eigenvalue weighted by molar-refractivity contribution is -0.147. The maximum atomic E-state index is 11.7. The molecule has 0 spiro atoms. The summed E-state index contributed by atoms with van der Waals surface area (Å²) in [4.78, 5) is 34.7. The van der Waals surface area contributed by atoms with Crippen LogP contribution >= 0.6 is 0 Å². The van der Waals surface area contributed by atoms with Crippen molar-refractivity contribution in [3.63, 3.8) is 0 Å². The third-order valence-corrected chi connectivity index (χ3v) is 2.92. The predicted octanol–water partition coefficient (Wildman–Crippen LogP) is 1.26. The van der Waals surface area contributed by atoms with Crippen molar-refractivity contribution in [2.45, 2.75) is 32.7 Å². The summed E-state index contributed by atoms with van der Waals surface area (Å²) in [7, 11) is 0. The van der Waals surface area contributed by atoms with Gasteiger partial charge in [-0.2, -0.15) is 0 Å². The van der Waals surface area contributed by atoms with Crippen LogP contribution in [0.15, 0.2) is 30.3 Å². The molecule has 0 bridgehead atoms. The third-order valence-electron chi connectivity index (χ3n) is 2.92. The molecular weight excluding hydrogens is 284 g/mol. The van der Waals surface area contributed by atoms with Crippen LogP contribution in [0, 0.1) is 0 Å². The quantitative estimate of drug-likeness (QED) is 0.708. The number of rotatable bonds is 8. The minimum atomic E-state index is -0.650. The Morgan fingerprint density at radius 1 is 1.18 bits per heavy atom. The predicted molar refractivity (Wildman–Crippen MR) is 82.2 cm³/mol. The average Bonchev–Trinajstić information content (AvgIpc) is 2.51. The van der Waals surface area contributed by atoms with Crippen molar-refractivity contribution in [1.82, 2.24) is 10.6 Å². The van der Waals surface area contributed by atoms with Crippen LogP contribution in [0.3, 0.4) is 0 Å². The Labute approximate surface area is 130 Å². The molecule has 1 aromatic carbocycles. The smallest absolute Gasteiger partial charge is 0.325 e. The fourth-order valence-electron chi connectivity index (χ4n) is 1.86. The summed E-state index contributed by atoms with van der Waals surface area (Å²) in [5, 5.41) is 5.16. The molecule has 120 valence electrons. The van der Waals surface area contributed by atoms with Gasteiger partial charge in [-0.3, -0.25) is 14.4 Å². The minimum Gasteiger partial charge on any atom is -0.454 e. The zero-order valence-corrected chi connectivity index (χ0v) is 12.9. The van der Waals surface area contributed by atoms with E-state index in [1.54, 1.807) is 30.3 Å². The van der Waals surface area contributed by atoms with Gasteiger partial charge in [-0.15, -0.1) is 0 Å². The number of esters is 1. The first-order valence-corrected chi connectivity index (χ1v) is 7.31. The molecule has 0 saturated heterocycles. The molecule has 0 aliphatic carbocycles. The van der Waals surface area contributed by atoms with E-state index in [0.29, 0.717) is 5.56 Å². The van der Waals surface area contributed by atoms with Crippen LogP contribution in [0.5, 0.6) is 0 Å². The summed E-state index contributed by atoms with van der Waals surface area (Å²) in [6, 6.07) is 8.59. The Kier molecular flexibility index (Phi) is 7.67. The monoisotopic (exact) mass is 306 g/mol. The Bertz CT molecular complexity index is 502. The average molecular weight is 306 g/mol. The van der Waals surface area contributed by atoms with Gasteiger partial charge in [-0.1, -0.05) is 31.5 Å². The third kappa shape index (κ3) is 6.88. The van der Waals surface area contributed by atoms with E-state index >= 15 is 0 Å². The number of carbonyl (C=O) groups is 3. The lowest BCUT2D eigenvalue weighted by Gasteiger charge is -2.12. The maximum absolute atomic E-state index is 11.7. The molecule has 0 aromatic heterocycles. The van der Waals surface area contributed by atoms with Gasteiger partial charge in [-0.25, -0.2) is 0 Å². The summed E-state index contributed by atoms with van der Waals surface area (Å²) < 4.78 is 4.80. The molecular formula is C16H22N2O4. The van der Waals surface area contributed by atoms with Gasteiger partial charge in [0.05, 0.1) is 0 Å². The Hall–Kier alpha value is -2.37. The molecule has 0 aliphatic rings. The molecule has 0 heterocycles. The summed E-state index contributed by atoms with van der Waals surface area (Å²) in [6.45, 7) is 3.31. The van der Waals surface area contributed by atoms with Gasteiger partial charge in [0, 0.05) is 11.6 Å². The lowest BCUT2D eigenvalue weighted by atomic mass is 10.2. The number of hydrogen-bond donors (Lipinski definition) is 2. The number of hydrogen-bond acceptors (Lipinski definition) is 4. The SMILES string of the molecule is CCC[C@H](C)NC(=O)COC(=O)CNC(=O)c1ccccc1. The van der Waals surface area contributed by atoms with Crippen molar-refractivity contribution in [3.05, 3.63) is 35.9 Å². The second kappa shape index (κ2) is 9.55. The van der Waals surface area contributed by atoms with Crippen molar-refractivity contribution in [2.24, 2.45) is 0 Å². The highest BCUT2D eigenvalue weighted by Crippen LogP contribution is 1.97. The van der Waals surface area contributed by atoms with E-state index in [0.717, 1.165) is 12.8 Å². The normalized spacial score (nSPS) is 11.4. The van der Waals surface area contributed by atoms with Crippen LogP contribution in [0.2, 0.25) is 0 Å². The van der Waals surface area contributed by atoms with Crippen LogP contribution in [0.1, 0.15) is 37.0 Å². The fourth-order valence-corrected chi connectivity index (χ4v) is 1.86. The van der Waals surface area contributed by atoms with E-state index in [2.05, 4.69) is 10.6 Å². The number of nitrogens with one attached hydrogen (secondary N) is 2. The minimum absolute atomic E-state index is 0.0500. The topological polar surface area (TPSA) is 84.5 Å². The largest absolute Gasteiger partial charge is 0.454 e. The Morgan fingerprint density at radius 3 is 2.50 bits per heavy atom. The first-order chi connectivity index (χ1) is 10.5. The highest BCUT2D eigenvalue weighted by atomic mass is 16.5. The van der Waals surface area contributed by atoms with Crippen molar-refractivity contribution in [3.8, 4) is 0 Å². The van der Waals surface area contributed by atoms with Crippen molar-refractivity contribution >= 4 is 17.8 Å². The first-order valence-electron chi connectivity index (χ1n) is 7.31. The lowest BCUT2D eigenvalue weighted by Crippen LogP contribution is -2.37. The van der Waals surface area contributed by atoms with Crippen LogP contribution < -0.4 is 10.6 Å². The summed E-state index contributed by atoms with van der Waals surface area (Å²) in [5.74, 6) is -1.36. The van der Waals surface area contributed by atoms with Gasteiger partial charge in [-0.05, 0) is 25.5 Å². The van der Waals surface area contributed by atoms with Crippen LogP contribution in [-0.4, -0.2) is 37.0 Å². The van der Waals surface area contributed by atoms with E-state index < -0.39 is 5.97 Å². The molecule has 2 N–H and O–H groups in total. The number of ether oxygens (including phenoxy) is 1. The van der Waals surface area contributed by atoms with Crippen molar-refractivity contribution < 1.29 is 19.1 Å². The van der Waals surface area contributed by atoms with E-state index in [1.807, 2.05) is 13.8 Å². The van der Waals surface area contributed by atoms with E-state index in [9.17, 15) is 14.4 Å². The molecule has 0 unspecified atom stereocenters. The molecule has 1 aromatic rings. The zero-order chi connectivity index (χ0) is 16.4. The second-order valence-electron chi connectivity index (χ2n) is 4.97. The molecule has 0 radical (unpaired) electrons. The van der Waals surface area contributed by atoms with Gasteiger partial charge < -0.3 is 15.4 Å². The molecule has 0 aliphatic heterocycles. The van der Waals surface area contributed by atoms with E-state index in [4.69, 9.17) is 4.74 Å². The van der Waals surface area contributed by atoms with Gasteiger partial charge in [0.15, 0.2) is 6.61 Å². The molecule has 1 rings (SSSR count). The zero-order valence-electron chi connectivity index (χ0n) is 12.9. The fraction of sp³-hybridized carbons (Fsp3) is 0.438. The van der Waals surface area contributed by atoms with E-state index in [-0.39, 0.29) is 31.0 Å². The molecule has 6 heteroatoms. The van der Waals surface area contributed by atoms with Crippen LogP contribution in [0.25, 0.3) is 0 Å². The summed E-state index contributed by atoms with van der Waals surface area (Å²) in [5.41, 5.74) is 0.460. The van der Waals surface area contributed by atoms with Crippen molar-refractivity contribution in [1.29, 1.82) is 0 Å². The molecule has 1 atom stereocenters. The Balaban J connectivity index is 2.23. The van der Waals surface area contributed by atoms with Crippen LogP contribution in [-0.2, 0) is 14.3 Å². The molecule has 22 heavy (non-hydrogen) atoms. The maximum Gasteiger partial charge on any atom is 0.325 e. The molecule has 6 nitrogen and oxygen atoms in total. The summed E-state index contributed by atoms with van der Waals surface area (Å²) >= 11 is 0. The van der Waals surface area contributed by atoms with Crippen molar-refractivity contribution in [2.75, 3.05) is 13.2 Å². The highest BCUT2D eigenvalue weighted by Gasteiger charge is 2.11. The molecule has 2 amide bonds. The second-order valence-corrected chi connectivity index (χ2v) is 4.97. The standard InChI is InChI=1S/C16H22N2O4/c1-3-7-12(2)18-14(19)11-22-15(20)10-17-16(21)13-8-5-4-6-9-13/h4-6,8-9,12H,3,7,10-11H2,1-2H3,(H,17,21)(H,18,19)/t12-/m0/s1. The molecule has 0 fully saturated rings. The van der Waals surface area contributed by atoms with Gasteiger partial charge in [0.1, 0.15) is 6.54 Å². The first kappa shape index (κ1) is 17.7. The van der Waals surface area contributed by atoms with E-state index in [1.165, 1.54) is 0 Å². The van der Waals surface area contributed by atoms with Crippen LogP contribution in [0.4, 0.5) is 0 Å². The number of carbonyl (C=O) groups excluding carboxylic acids is 3. The molecule has 0 saturated carbocycles.